The Balaban J connectivity index is 2.26. The third-order valence-corrected chi connectivity index (χ3v) is 2.55. The summed E-state index contributed by atoms with van der Waals surface area (Å²) in [7, 11) is 0. The van der Waals surface area contributed by atoms with Gasteiger partial charge in [-0.25, -0.2) is 13.2 Å². The van der Waals surface area contributed by atoms with E-state index in [1.54, 1.807) is 6.08 Å². The van der Waals surface area contributed by atoms with Gasteiger partial charge in [-0.1, -0.05) is 42.0 Å². The molecule has 0 N–H and O–H groups in total. The van der Waals surface area contributed by atoms with Gasteiger partial charge in [0.25, 0.3) is 0 Å². The lowest BCUT2D eigenvalue weighted by atomic mass is 10.1. The van der Waals surface area contributed by atoms with Crippen molar-refractivity contribution in [3.63, 3.8) is 0 Å². The summed E-state index contributed by atoms with van der Waals surface area (Å²) in [6, 6.07) is 9.58. The van der Waals surface area contributed by atoms with Crippen LogP contribution in [0.15, 0.2) is 36.4 Å². The van der Waals surface area contributed by atoms with Crippen molar-refractivity contribution in [3.05, 3.63) is 70.5 Å². The molecule has 0 nitrogen and oxygen atoms in total. The molecule has 92 valence electrons. The molecule has 0 aromatic heterocycles. The van der Waals surface area contributed by atoms with Crippen LogP contribution in [0.3, 0.4) is 0 Å². The van der Waals surface area contributed by atoms with E-state index in [2.05, 4.69) is 0 Å². The van der Waals surface area contributed by atoms with Crippen molar-refractivity contribution in [2.45, 2.75) is 6.92 Å². The fourth-order valence-electron chi connectivity index (χ4n) is 1.54. The zero-order chi connectivity index (χ0) is 13.1. The van der Waals surface area contributed by atoms with Gasteiger partial charge in [0.15, 0.2) is 17.5 Å². The second kappa shape index (κ2) is 5.08. The average molecular weight is 248 g/mol. The fraction of sp³-hybridized carbons (Fsp3) is 0.0667. The van der Waals surface area contributed by atoms with Crippen molar-refractivity contribution >= 4 is 12.2 Å². The Labute approximate surface area is 103 Å². The summed E-state index contributed by atoms with van der Waals surface area (Å²) in [5, 5.41) is 0. The first-order valence-electron chi connectivity index (χ1n) is 5.45. The molecule has 0 aliphatic heterocycles. The van der Waals surface area contributed by atoms with Crippen LogP contribution in [-0.4, -0.2) is 0 Å². The van der Waals surface area contributed by atoms with Gasteiger partial charge >= 0.3 is 0 Å². The second-order valence-corrected chi connectivity index (χ2v) is 4.04. The summed E-state index contributed by atoms with van der Waals surface area (Å²) in [6.45, 7) is 1.97. The summed E-state index contributed by atoms with van der Waals surface area (Å²) in [5.74, 6) is -3.81. The smallest absolute Gasteiger partial charge is 0.194 e. The maximum absolute atomic E-state index is 13.0. The molecule has 0 radical (unpaired) electrons. The Hall–Kier alpha value is -2.03. The lowest BCUT2D eigenvalue weighted by molar-refractivity contribution is 0.447. The van der Waals surface area contributed by atoms with Crippen LogP contribution in [0.1, 0.15) is 16.7 Å². The largest absolute Gasteiger partial charge is 0.204 e. The highest BCUT2D eigenvalue weighted by Crippen LogP contribution is 2.16. The first-order valence-corrected chi connectivity index (χ1v) is 5.45. The van der Waals surface area contributed by atoms with Crippen LogP contribution >= 0.6 is 0 Å². The molecule has 0 atom stereocenters. The first kappa shape index (κ1) is 12.4. The van der Waals surface area contributed by atoms with E-state index >= 15 is 0 Å². The third-order valence-electron chi connectivity index (χ3n) is 2.55. The van der Waals surface area contributed by atoms with Crippen LogP contribution in [0.4, 0.5) is 13.2 Å². The maximum atomic E-state index is 13.0. The molecule has 0 spiro atoms. The van der Waals surface area contributed by atoms with Crippen LogP contribution in [0.2, 0.25) is 0 Å². The van der Waals surface area contributed by atoms with E-state index in [-0.39, 0.29) is 5.56 Å². The number of rotatable bonds is 2. The van der Waals surface area contributed by atoms with Crippen molar-refractivity contribution < 1.29 is 13.2 Å². The lowest BCUT2D eigenvalue weighted by Crippen LogP contribution is -1.90. The molecule has 0 aliphatic rings. The average Bonchev–Trinajstić information content (AvgIpc) is 2.35. The van der Waals surface area contributed by atoms with E-state index in [1.165, 1.54) is 6.08 Å². The van der Waals surface area contributed by atoms with Gasteiger partial charge in [0, 0.05) is 0 Å². The molecular formula is C15H11F3. The minimum Gasteiger partial charge on any atom is -0.204 e. The van der Waals surface area contributed by atoms with Gasteiger partial charge in [-0.3, -0.25) is 0 Å². The van der Waals surface area contributed by atoms with E-state index in [0.717, 1.165) is 23.3 Å². The zero-order valence-corrected chi connectivity index (χ0v) is 9.75. The van der Waals surface area contributed by atoms with Crippen molar-refractivity contribution in [2.75, 3.05) is 0 Å². The van der Waals surface area contributed by atoms with E-state index in [0.29, 0.717) is 0 Å². The first-order chi connectivity index (χ1) is 8.56. The van der Waals surface area contributed by atoms with Crippen molar-refractivity contribution in [1.29, 1.82) is 0 Å². The van der Waals surface area contributed by atoms with Crippen molar-refractivity contribution in [3.8, 4) is 0 Å². The zero-order valence-electron chi connectivity index (χ0n) is 9.75. The summed E-state index contributed by atoms with van der Waals surface area (Å²) in [4.78, 5) is 0. The SMILES string of the molecule is Cc1ccc(/C=C/c2cc(F)c(F)c(F)c2)cc1. The molecule has 3 heteroatoms. The van der Waals surface area contributed by atoms with E-state index < -0.39 is 17.5 Å². The molecule has 2 aromatic carbocycles. The quantitative estimate of drug-likeness (QED) is 0.539. The van der Waals surface area contributed by atoms with Crippen molar-refractivity contribution in [1.82, 2.24) is 0 Å². The molecule has 0 heterocycles. The van der Waals surface area contributed by atoms with Gasteiger partial charge in [-0.2, -0.15) is 0 Å². The normalized spacial score (nSPS) is 11.1. The van der Waals surface area contributed by atoms with Gasteiger partial charge < -0.3 is 0 Å². The van der Waals surface area contributed by atoms with Gasteiger partial charge in [0.05, 0.1) is 0 Å². The Morgan fingerprint density at radius 2 is 1.28 bits per heavy atom. The lowest BCUT2D eigenvalue weighted by Gasteiger charge is -1.99. The third kappa shape index (κ3) is 2.80. The standard InChI is InChI=1S/C15H11F3/c1-10-2-4-11(5-3-10)6-7-12-8-13(16)15(18)14(17)9-12/h2-9H,1H3/b7-6+. The number of benzene rings is 2. The van der Waals surface area contributed by atoms with Crippen molar-refractivity contribution in [2.24, 2.45) is 0 Å². The molecule has 2 aromatic rings. The topological polar surface area (TPSA) is 0 Å². The molecule has 18 heavy (non-hydrogen) atoms. The molecule has 0 saturated carbocycles. The number of aryl methyl sites for hydroxylation is 1. The predicted octanol–water partition coefficient (Wildman–Crippen LogP) is 4.58. The Kier molecular flexibility index (Phi) is 3.51. The molecule has 2 rings (SSSR count). The number of halogens is 3. The molecule has 0 amide bonds. The summed E-state index contributed by atoms with van der Waals surface area (Å²) < 4.78 is 38.7. The molecule has 0 bridgehead atoms. The van der Waals surface area contributed by atoms with Gasteiger partial charge in [-0.15, -0.1) is 0 Å². The Morgan fingerprint density at radius 1 is 0.778 bits per heavy atom. The second-order valence-electron chi connectivity index (χ2n) is 4.04. The minimum atomic E-state index is -1.44. The molecule has 0 fully saturated rings. The summed E-state index contributed by atoms with van der Waals surface area (Å²) in [6.07, 6.45) is 3.25. The van der Waals surface area contributed by atoms with Crippen LogP contribution in [0.5, 0.6) is 0 Å². The maximum Gasteiger partial charge on any atom is 0.194 e. The Bertz CT molecular complexity index is 560. The van der Waals surface area contributed by atoms with Crippen LogP contribution < -0.4 is 0 Å². The highest BCUT2D eigenvalue weighted by atomic mass is 19.2. The minimum absolute atomic E-state index is 0.284. The van der Waals surface area contributed by atoms with Gasteiger partial charge in [0.2, 0.25) is 0 Å². The summed E-state index contributed by atoms with van der Waals surface area (Å²) in [5.41, 5.74) is 2.32. The van der Waals surface area contributed by atoms with E-state index in [1.807, 2.05) is 31.2 Å². The highest BCUT2D eigenvalue weighted by Gasteiger charge is 2.08. The van der Waals surface area contributed by atoms with Gasteiger partial charge in [-0.05, 0) is 30.2 Å². The van der Waals surface area contributed by atoms with Crippen LogP contribution in [0, 0.1) is 24.4 Å². The highest BCUT2D eigenvalue weighted by molar-refractivity contribution is 5.69. The summed E-state index contributed by atoms with van der Waals surface area (Å²) >= 11 is 0. The fourth-order valence-corrected chi connectivity index (χ4v) is 1.54. The van der Waals surface area contributed by atoms with E-state index in [4.69, 9.17) is 0 Å². The molecule has 0 aliphatic carbocycles. The van der Waals surface area contributed by atoms with Gasteiger partial charge in [0.1, 0.15) is 0 Å². The Morgan fingerprint density at radius 3 is 1.83 bits per heavy atom. The van der Waals surface area contributed by atoms with E-state index in [9.17, 15) is 13.2 Å². The molecular weight excluding hydrogens is 237 g/mol. The molecule has 0 saturated heterocycles. The van der Waals surface area contributed by atoms with Crippen LogP contribution in [0.25, 0.3) is 12.2 Å². The number of hydrogen-bond donors (Lipinski definition) is 0. The predicted molar refractivity (Wildman–Crippen MR) is 66.4 cm³/mol. The van der Waals surface area contributed by atoms with Crippen LogP contribution in [-0.2, 0) is 0 Å². The molecule has 0 unspecified atom stereocenters. The monoisotopic (exact) mass is 248 g/mol. The number of hydrogen-bond acceptors (Lipinski definition) is 0.